The van der Waals surface area contributed by atoms with Crippen LogP contribution in [0.1, 0.15) is 23.7 Å². The SMILES string of the molecule is COc1ccc([C@H]2C[C@H]2C(=O)NCc2noc(-c3ccco3)n2)cc1. The van der Waals surface area contributed by atoms with Crippen LogP contribution in [0.4, 0.5) is 0 Å². The van der Waals surface area contributed by atoms with Crippen LogP contribution in [0.3, 0.4) is 0 Å². The summed E-state index contributed by atoms with van der Waals surface area (Å²) in [7, 11) is 1.64. The third-order valence-corrected chi connectivity index (χ3v) is 4.29. The summed E-state index contributed by atoms with van der Waals surface area (Å²) in [6, 6.07) is 11.3. The average Bonchev–Trinajstić information content (AvgIpc) is 3.05. The Morgan fingerprint density at radius 1 is 1.32 bits per heavy atom. The lowest BCUT2D eigenvalue weighted by molar-refractivity contribution is -0.122. The summed E-state index contributed by atoms with van der Waals surface area (Å²) in [4.78, 5) is 16.5. The Labute approximate surface area is 144 Å². The zero-order valence-corrected chi connectivity index (χ0v) is 13.6. The van der Waals surface area contributed by atoms with E-state index in [1.807, 2.05) is 24.3 Å². The van der Waals surface area contributed by atoms with Crippen molar-refractivity contribution in [3.05, 3.63) is 54.0 Å². The molecule has 2 aromatic heterocycles. The van der Waals surface area contributed by atoms with Gasteiger partial charge >= 0.3 is 0 Å². The molecule has 0 aliphatic heterocycles. The van der Waals surface area contributed by atoms with E-state index in [0.29, 0.717) is 17.5 Å². The van der Waals surface area contributed by atoms with Gasteiger partial charge in [-0.1, -0.05) is 17.3 Å². The second-order valence-electron chi connectivity index (χ2n) is 5.93. The number of hydrogen-bond acceptors (Lipinski definition) is 6. The van der Waals surface area contributed by atoms with Crippen molar-refractivity contribution in [3.8, 4) is 17.4 Å². The molecule has 0 bridgehead atoms. The van der Waals surface area contributed by atoms with Crippen molar-refractivity contribution in [1.29, 1.82) is 0 Å². The van der Waals surface area contributed by atoms with E-state index in [2.05, 4.69) is 15.5 Å². The molecular weight excluding hydrogens is 322 g/mol. The molecule has 1 N–H and O–H groups in total. The number of nitrogens with one attached hydrogen (secondary N) is 1. The van der Waals surface area contributed by atoms with E-state index in [-0.39, 0.29) is 24.3 Å². The van der Waals surface area contributed by atoms with Gasteiger partial charge in [-0.2, -0.15) is 4.98 Å². The van der Waals surface area contributed by atoms with E-state index in [0.717, 1.165) is 17.7 Å². The molecule has 0 saturated heterocycles. The van der Waals surface area contributed by atoms with Crippen LogP contribution in [0.25, 0.3) is 11.7 Å². The normalized spacial score (nSPS) is 18.8. The quantitative estimate of drug-likeness (QED) is 0.742. The van der Waals surface area contributed by atoms with Crippen molar-refractivity contribution in [2.45, 2.75) is 18.9 Å². The lowest BCUT2D eigenvalue weighted by atomic mass is 10.1. The summed E-state index contributed by atoms with van der Waals surface area (Å²) in [6.45, 7) is 0.231. The third-order valence-electron chi connectivity index (χ3n) is 4.29. The molecule has 1 fully saturated rings. The maximum atomic E-state index is 12.3. The Balaban J connectivity index is 1.31. The Bertz CT molecular complexity index is 855. The van der Waals surface area contributed by atoms with Crippen LogP contribution >= 0.6 is 0 Å². The molecule has 1 saturated carbocycles. The number of nitrogens with zero attached hydrogens (tertiary/aromatic N) is 2. The van der Waals surface area contributed by atoms with Gasteiger partial charge in [0, 0.05) is 5.92 Å². The molecule has 1 aliphatic rings. The summed E-state index contributed by atoms with van der Waals surface area (Å²) in [5.74, 6) is 2.30. The number of carbonyl (C=O) groups is 1. The molecule has 0 radical (unpaired) electrons. The van der Waals surface area contributed by atoms with Gasteiger partial charge in [-0.3, -0.25) is 4.79 Å². The molecule has 2 atom stereocenters. The number of amides is 1. The van der Waals surface area contributed by atoms with Crippen LogP contribution in [-0.4, -0.2) is 23.2 Å². The number of ether oxygens (including phenoxy) is 1. The molecule has 1 aromatic carbocycles. The van der Waals surface area contributed by atoms with Crippen LogP contribution in [0.5, 0.6) is 5.75 Å². The number of furan rings is 1. The fourth-order valence-electron chi connectivity index (χ4n) is 2.83. The highest BCUT2D eigenvalue weighted by Gasteiger charge is 2.43. The van der Waals surface area contributed by atoms with E-state index < -0.39 is 0 Å². The lowest BCUT2D eigenvalue weighted by Crippen LogP contribution is -2.25. The zero-order chi connectivity index (χ0) is 17.2. The van der Waals surface area contributed by atoms with Crippen molar-refractivity contribution in [1.82, 2.24) is 15.5 Å². The number of aromatic nitrogens is 2. The molecule has 128 valence electrons. The maximum absolute atomic E-state index is 12.3. The first-order chi connectivity index (χ1) is 12.2. The molecule has 1 aliphatic carbocycles. The van der Waals surface area contributed by atoms with Gasteiger partial charge in [0.2, 0.25) is 5.91 Å². The Hall–Kier alpha value is -3.09. The fourth-order valence-corrected chi connectivity index (χ4v) is 2.83. The van der Waals surface area contributed by atoms with Gasteiger partial charge in [-0.25, -0.2) is 0 Å². The van der Waals surface area contributed by atoms with Crippen molar-refractivity contribution >= 4 is 5.91 Å². The second kappa shape index (κ2) is 6.43. The van der Waals surface area contributed by atoms with E-state index >= 15 is 0 Å². The summed E-state index contributed by atoms with van der Waals surface area (Å²) in [6.07, 6.45) is 2.38. The number of benzene rings is 1. The molecule has 4 rings (SSSR count). The Morgan fingerprint density at radius 3 is 2.88 bits per heavy atom. The van der Waals surface area contributed by atoms with E-state index in [4.69, 9.17) is 13.7 Å². The summed E-state index contributed by atoms with van der Waals surface area (Å²) in [5.41, 5.74) is 1.15. The van der Waals surface area contributed by atoms with Crippen molar-refractivity contribution in [2.75, 3.05) is 7.11 Å². The topological polar surface area (TPSA) is 90.4 Å². The highest BCUT2D eigenvalue weighted by atomic mass is 16.5. The van der Waals surface area contributed by atoms with Crippen molar-refractivity contribution < 1.29 is 18.5 Å². The average molecular weight is 339 g/mol. The molecule has 0 unspecified atom stereocenters. The second-order valence-corrected chi connectivity index (χ2v) is 5.93. The Kier molecular flexibility index (Phi) is 3.97. The molecular formula is C18H17N3O4. The first-order valence-electron chi connectivity index (χ1n) is 8.02. The smallest absolute Gasteiger partial charge is 0.293 e. The maximum Gasteiger partial charge on any atom is 0.293 e. The number of methoxy groups -OCH3 is 1. The van der Waals surface area contributed by atoms with Crippen LogP contribution in [-0.2, 0) is 11.3 Å². The molecule has 0 spiro atoms. The monoisotopic (exact) mass is 339 g/mol. The standard InChI is InChI=1S/C18H17N3O4/c1-23-12-6-4-11(5-7-12)13-9-14(13)17(22)19-10-16-20-18(25-21-16)15-3-2-8-24-15/h2-8,13-14H,9-10H2,1H3,(H,19,22)/t13-,14-/m1/s1. The van der Waals surface area contributed by atoms with Gasteiger partial charge in [-0.15, -0.1) is 0 Å². The minimum absolute atomic E-state index is 0.00478. The predicted molar refractivity (Wildman–Crippen MR) is 87.7 cm³/mol. The van der Waals surface area contributed by atoms with Crippen LogP contribution in [0, 0.1) is 5.92 Å². The molecule has 7 nitrogen and oxygen atoms in total. The highest BCUT2D eigenvalue weighted by molar-refractivity contribution is 5.82. The fraction of sp³-hybridized carbons (Fsp3) is 0.278. The molecule has 7 heteroatoms. The van der Waals surface area contributed by atoms with Gasteiger partial charge in [0.15, 0.2) is 11.6 Å². The molecule has 25 heavy (non-hydrogen) atoms. The Morgan fingerprint density at radius 2 is 2.16 bits per heavy atom. The third kappa shape index (κ3) is 3.26. The van der Waals surface area contributed by atoms with Gasteiger partial charge in [0.1, 0.15) is 5.75 Å². The first-order valence-corrected chi connectivity index (χ1v) is 8.02. The minimum Gasteiger partial charge on any atom is -0.497 e. The molecule has 1 amide bonds. The highest BCUT2D eigenvalue weighted by Crippen LogP contribution is 2.47. The molecule has 3 aromatic rings. The van der Waals surface area contributed by atoms with Crippen LogP contribution in [0.15, 0.2) is 51.6 Å². The van der Waals surface area contributed by atoms with Crippen molar-refractivity contribution in [3.63, 3.8) is 0 Å². The van der Waals surface area contributed by atoms with E-state index in [1.165, 1.54) is 6.26 Å². The summed E-state index contributed by atoms with van der Waals surface area (Å²) >= 11 is 0. The number of hydrogen-bond donors (Lipinski definition) is 1. The largest absolute Gasteiger partial charge is 0.497 e. The van der Waals surface area contributed by atoms with Gasteiger partial charge < -0.3 is 19.0 Å². The van der Waals surface area contributed by atoms with E-state index in [1.54, 1.807) is 19.2 Å². The van der Waals surface area contributed by atoms with E-state index in [9.17, 15) is 4.79 Å². The predicted octanol–water partition coefficient (Wildman–Crippen LogP) is 2.76. The summed E-state index contributed by atoms with van der Waals surface area (Å²) < 4.78 is 15.5. The molecule has 2 heterocycles. The van der Waals surface area contributed by atoms with Gasteiger partial charge in [0.25, 0.3) is 5.89 Å². The summed E-state index contributed by atoms with van der Waals surface area (Å²) in [5, 5.41) is 6.71. The first kappa shape index (κ1) is 15.4. The number of carbonyl (C=O) groups excluding carboxylic acids is 1. The van der Waals surface area contributed by atoms with Crippen LogP contribution < -0.4 is 10.1 Å². The number of rotatable bonds is 6. The zero-order valence-electron chi connectivity index (χ0n) is 13.6. The van der Waals surface area contributed by atoms with Crippen LogP contribution in [0.2, 0.25) is 0 Å². The van der Waals surface area contributed by atoms with Gasteiger partial charge in [0.05, 0.1) is 19.9 Å². The van der Waals surface area contributed by atoms with Crippen molar-refractivity contribution in [2.24, 2.45) is 5.92 Å². The minimum atomic E-state index is -0.00941. The lowest BCUT2D eigenvalue weighted by Gasteiger charge is -2.04. The van der Waals surface area contributed by atoms with Gasteiger partial charge in [-0.05, 0) is 42.2 Å².